The number of nitrogens with two attached hydrogens (primary N) is 1. The van der Waals surface area contributed by atoms with Gasteiger partial charge in [-0.1, -0.05) is 13.8 Å². The van der Waals surface area contributed by atoms with Crippen molar-refractivity contribution in [3.63, 3.8) is 0 Å². The van der Waals surface area contributed by atoms with E-state index in [9.17, 15) is 10.1 Å². The number of rotatable bonds is 5. The molecule has 0 saturated carbocycles. The second kappa shape index (κ2) is 7.38. The molecule has 3 rings (SSSR count). The zero-order valence-electron chi connectivity index (χ0n) is 14.8. The Morgan fingerprint density at radius 3 is 2.68 bits per heavy atom. The SMILES string of the molecule is C[C@@H]1C[C@H](C)CN(c2nc(N)c([N+](=O)[O-])c(NC[C@H]3CCCO3)n2)C1. The highest BCUT2D eigenvalue weighted by Crippen LogP contribution is 2.32. The first kappa shape index (κ1) is 17.7. The predicted octanol–water partition coefficient (Wildman–Crippen LogP) is 2.04. The summed E-state index contributed by atoms with van der Waals surface area (Å²) in [6.07, 6.45) is 3.16. The van der Waals surface area contributed by atoms with Gasteiger partial charge in [0.05, 0.1) is 11.0 Å². The average Bonchev–Trinajstić information content (AvgIpc) is 3.04. The third-order valence-corrected chi connectivity index (χ3v) is 4.75. The van der Waals surface area contributed by atoms with E-state index in [2.05, 4.69) is 34.0 Å². The van der Waals surface area contributed by atoms with Crippen LogP contribution < -0.4 is 16.0 Å². The molecule has 138 valence electrons. The van der Waals surface area contributed by atoms with Gasteiger partial charge in [-0.25, -0.2) is 0 Å². The summed E-state index contributed by atoms with van der Waals surface area (Å²) in [6, 6.07) is 0. The molecule has 0 spiro atoms. The molecule has 3 atom stereocenters. The highest BCUT2D eigenvalue weighted by molar-refractivity contribution is 5.70. The number of piperidine rings is 1. The molecule has 2 aliphatic rings. The first-order valence-electron chi connectivity index (χ1n) is 8.86. The lowest BCUT2D eigenvalue weighted by Crippen LogP contribution is -2.40. The van der Waals surface area contributed by atoms with E-state index in [-0.39, 0.29) is 23.4 Å². The molecule has 9 nitrogen and oxygen atoms in total. The third kappa shape index (κ3) is 4.09. The Kier molecular flexibility index (Phi) is 5.22. The van der Waals surface area contributed by atoms with Crippen LogP contribution in [0, 0.1) is 22.0 Å². The smallest absolute Gasteiger partial charge is 0.353 e. The summed E-state index contributed by atoms with van der Waals surface area (Å²) in [4.78, 5) is 21.6. The number of ether oxygens (including phenoxy) is 1. The van der Waals surface area contributed by atoms with Gasteiger partial charge in [0.25, 0.3) is 0 Å². The molecule has 3 N–H and O–H groups in total. The van der Waals surface area contributed by atoms with E-state index in [4.69, 9.17) is 10.5 Å². The van der Waals surface area contributed by atoms with E-state index in [0.717, 1.165) is 39.0 Å². The van der Waals surface area contributed by atoms with Gasteiger partial charge in [-0.3, -0.25) is 10.1 Å². The number of hydrogen-bond donors (Lipinski definition) is 2. The van der Waals surface area contributed by atoms with Gasteiger partial charge in [0.15, 0.2) is 0 Å². The quantitative estimate of drug-likeness (QED) is 0.611. The fraction of sp³-hybridized carbons (Fsp3) is 0.750. The van der Waals surface area contributed by atoms with Crippen LogP contribution in [-0.2, 0) is 4.74 Å². The Hall–Kier alpha value is -2.16. The zero-order chi connectivity index (χ0) is 18.0. The van der Waals surface area contributed by atoms with Crippen LogP contribution in [0.5, 0.6) is 0 Å². The van der Waals surface area contributed by atoms with Crippen LogP contribution in [0.15, 0.2) is 0 Å². The lowest BCUT2D eigenvalue weighted by Gasteiger charge is -2.35. The van der Waals surface area contributed by atoms with Crippen LogP contribution in [-0.4, -0.2) is 47.2 Å². The summed E-state index contributed by atoms with van der Waals surface area (Å²) >= 11 is 0. The number of nitro groups is 1. The van der Waals surface area contributed by atoms with Crippen LogP contribution in [0.2, 0.25) is 0 Å². The molecule has 1 aromatic heterocycles. The van der Waals surface area contributed by atoms with Crippen molar-refractivity contribution in [3.8, 4) is 0 Å². The van der Waals surface area contributed by atoms with Crippen LogP contribution in [0.1, 0.15) is 33.1 Å². The van der Waals surface area contributed by atoms with Crippen molar-refractivity contribution >= 4 is 23.3 Å². The molecule has 3 heterocycles. The van der Waals surface area contributed by atoms with Crippen molar-refractivity contribution < 1.29 is 9.66 Å². The minimum Gasteiger partial charge on any atom is -0.378 e. The van der Waals surface area contributed by atoms with Crippen molar-refractivity contribution in [2.45, 2.75) is 39.2 Å². The summed E-state index contributed by atoms with van der Waals surface area (Å²) in [5.74, 6) is 1.57. The average molecular weight is 350 g/mol. The van der Waals surface area contributed by atoms with Crippen LogP contribution >= 0.6 is 0 Å². The number of hydrogen-bond acceptors (Lipinski definition) is 8. The molecule has 25 heavy (non-hydrogen) atoms. The van der Waals surface area contributed by atoms with E-state index in [1.54, 1.807) is 0 Å². The molecular formula is C16H26N6O3. The summed E-state index contributed by atoms with van der Waals surface area (Å²) < 4.78 is 5.56. The standard InChI is InChI=1S/C16H26N6O3/c1-10-6-11(2)9-21(8-10)16-19-14(17)13(22(23)24)15(20-16)18-7-12-4-3-5-25-12/h10-12H,3-9H2,1-2H3,(H3,17,18,19,20)/t10-,11+,12-/m1/s1. The zero-order valence-corrected chi connectivity index (χ0v) is 14.8. The van der Waals surface area contributed by atoms with Gasteiger partial charge in [-0.15, -0.1) is 0 Å². The number of nitrogen functional groups attached to an aromatic ring is 1. The van der Waals surface area contributed by atoms with Crippen LogP contribution in [0.4, 0.5) is 23.3 Å². The molecule has 0 unspecified atom stereocenters. The predicted molar refractivity (Wildman–Crippen MR) is 95.7 cm³/mol. The van der Waals surface area contributed by atoms with Gasteiger partial charge in [0.1, 0.15) is 0 Å². The highest BCUT2D eigenvalue weighted by atomic mass is 16.6. The summed E-state index contributed by atoms with van der Waals surface area (Å²) in [7, 11) is 0. The summed E-state index contributed by atoms with van der Waals surface area (Å²) in [5, 5.41) is 14.4. The molecular weight excluding hydrogens is 324 g/mol. The van der Waals surface area contributed by atoms with Crippen molar-refractivity contribution in [2.75, 3.05) is 42.2 Å². The molecule has 0 aromatic carbocycles. The maximum absolute atomic E-state index is 11.4. The Labute approximate surface area is 147 Å². The summed E-state index contributed by atoms with van der Waals surface area (Å²) in [6.45, 7) is 7.24. The molecule has 0 amide bonds. The Balaban J connectivity index is 1.85. The van der Waals surface area contributed by atoms with Crippen LogP contribution in [0.3, 0.4) is 0 Å². The van der Waals surface area contributed by atoms with Gasteiger partial charge in [-0.2, -0.15) is 9.97 Å². The monoisotopic (exact) mass is 350 g/mol. The fourth-order valence-electron chi connectivity index (χ4n) is 3.75. The third-order valence-electron chi connectivity index (χ3n) is 4.75. The Morgan fingerprint density at radius 2 is 2.08 bits per heavy atom. The fourth-order valence-corrected chi connectivity index (χ4v) is 3.75. The first-order valence-corrected chi connectivity index (χ1v) is 8.86. The number of nitrogens with one attached hydrogen (secondary N) is 1. The maximum atomic E-state index is 11.4. The highest BCUT2D eigenvalue weighted by Gasteiger charge is 2.29. The number of anilines is 3. The second-order valence-corrected chi connectivity index (χ2v) is 7.23. The first-order chi connectivity index (χ1) is 11.9. The molecule has 1 aromatic rings. The van der Waals surface area contributed by atoms with Gasteiger partial charge in [0.2, 0.25) is 17.6 Å². The molecule has 0 bridgehead atoms. The van der Waals surface area contributed by atoms with Gasteiger partial charge >= 0.3 is 5.69 Å². The number of nitrogens with zero attached hydrogens (tertiary/aromatic N) is 4. The van der Waals surface area contributed by atoms with Crippen molar-refractivity contribution in [2.24, 2.45) is 11.8 Å². The molecule has 2 aliphatic heterocycles. The molecule has 2 saturated heterocycles. The summed E-state index contributed by atoms with van der Waals surface area (Å²) in [5.41, 5.74) is 5.63. The van der Waals surface area contributed by atoms with E-state index in [0.29, 0.717) is 24.3 Å². The lowest BCUT2D eigenvalue weighted by molar-refractivity contribution is -0.383. The van der Waals surface area contributed by atoms with Gasteiger partial charge < -0.3 is 20.7 Å². The molecule has 0 aliphatic carbocycles. The van der Waals surface area contributed by atoms with Crippen molar-refractivity contribution in [1.82, 2.24) is 9.97 Å². The van der Waals surface area contributed by atoms with Gasteiger partial charge in [0, 0.05) is 26.2 Å². The van der Waals surface area contributed by atoms with E-state index < -0.39 is 4.92 Å². The minimum atomic E-state index is -0.529. The Bertz CT molecular complexity index is 625. The van der Waals surface area contributed by atoms with Crippen molar-refractivity contribution in [3.05, 3.63) is 10.1 Å². The molecule has 0 radical (unpaired) electrons. The maximum Gasteiger partial charge on any atom is 0.353 e. The van der Waals surface area contributed by atoms with Gasteiger partial charge in [-0.05, 0) is 31.1 Å². The van der Waals surface area contributed by atoms with Crippen LogP contribution in [0.25, 0.3) is 0 Å². The topological polar surface area (TPSA) is 119 Å². The van der Waals surface area contributed by atoms with E-state index in [1.807, 2.05) is 0 Å². The molecule has 2 fully saturated rings. The van der Waals surface area contributed by atoms with E-state index >= 15 is 0 Å². The molecule has 9 heteroatoms. The Morgan fingerprint density at radius 1 is 1.36 bits per heavy atom. The minimum absolute atomic E-state index is 0.0503. The normalized spacial score (nSPS) is 26.6. The van der Waals surface area contributed by atoms with Crippen molar-refractivity contribution in [1.29, 1.82) is 0 Å². The largest absolute Gasteiger partial charge is 0.378 e. The second-order valence-electron chi connectivity index (χ2n) is 7.23. The van der Waals surface area contributed by atoms with E-state index in [1.165, 1.54) is 0 Å². The lowest BCUT2D eigenvalue weighted by atomic mass is 9.92. The number of aromatic nitrogens is 2.